The lowest BCUT2D eigenvalue weighted by Crippen LogP contribution is -2.27. The van der Waals surface area contributed by atoms with Crippen LogP contribution in [-0.4, -0.2) is 5.91 Å². The number of hydrogen-bond donors (Lipinski definition) is 1. The number of ether oxygens (including phenoxy) is 1. The molecule has 3 aromatic rings. The van der Waals surface area contributed by atoms with E-state index in [-0.39, 0.29) is 24.0 Å². The number of nitrogens with zero attached hydrogens (tertiary/aromatic N) is 1. The van der Waals surface area contributed by atoms with Crippen LogP contribution in [0.25, 0.3) is 6.08 Å². The quantitative estimate of drug-likeness (QED) is 0.439. The molecule has 0 radical (unpaired) electrons. The van der Waals surface area contributed by atoms with Crippen LogP contribution >= 0.6 is 0 Å². The molecule has 0 heterocycles. The molecular weight excluding hydrogens is 379 g/mol. The maximum Gasteiger partial charge on any atom is 0.262 e. The van der Waals surface area contributed by atoms with E-state index in [1.807, 2.05) is 43.3 Å². The molecule has 1 amide bonds. The second-order valence-electron chi connectivity index (χ2n) is 6.72. The molecule has 30 heavy (non-hydrogen) atoms. The van der Waals surface area contributed by atoms with Crippen molar-refractivity contribution in [2.75, 3.05) is 0 Å². The topological polar surface area (TPSA) is 62.1 Å². The summed E-state index contributed by atoms with van der Waals surface area (Å²) in [6, 6.07) is 24.6. The van der Waals surface area contributed by atoms with Gasteiger partial charge in [-0.15, -0.1) is 0 Å². The number of rotatable bonds is 7. The van der Waals surface area contributed by atoms with Gasteiger partial charge in [0, 0.05) is 5.56 Å². The Morgan fingerprint density at radius 1 is 1.07 bits per heavy atom. The average molecular weight is 400 g/mol. The van der Waals surface area contributed by atoms with Crippen LogP contribution < -0.4 is 10.1 Å². The van der Waals surface area contributed by atoms with E-state index in [1.165, 1.54) is 12.1 Å². The summed E-state index contributed by atoms with van der Waals surface area (Å²) >= 11 is 0. The largest absolute Gasteiger partial charge is 0.489 e. The zero-order valence-electron chi connectivity index (χ0n) is 16.5. The Morgan fingerprint density at radius 2 is 1.73 bits per heavy atom. The Hall–Kier alpha value is -3.91. The van der Waals surface area contributed by atoms with Crippen molar-refractivity contribution in [1.82, 2.24) is 5.32 Å². The van der Waals surface area contributed by atoms with Crippen molar-refractivity contribution in [3.63, 3.8) is 0 Å². The number of hydrogen-bond acceptors (Lipinski definition) is 3. The minimum atomic E-state index is -0.436. The van der Waals surface area contributed by atoms with Gasteiger partial charge in [-0.05, 0) is 42.3 Å². The van der Waals surface area contributed by atoms with Crippen LogP contribution in [0.2, 0.25) is 0 Å². The normalized spacial score (nSPS) is 12.0. The number of carbonyl (C=O) groups excluding carboxylic acids is 1. The molecule has 0 aliphatic carbocycles. The van der Waals surface area contributed by atoms with E-state index in [4.69, 9.17) is 4.74 Å². The van der Waals surface area contributed by atoms with Crippen molar-refractivity contribution in [1.29, 1.82) is 5.26 Å². The minimum absolute atomic E-state index is 0.0119. The molecule has 0 fully saturated rings. The Kier molecular flexibility index (Phi) is 6.96. The maximum atomic E-state index is 13.7. The number of benzene rings is 3. The van der Waals surface area contributed by atoms with E-state index in [1.54, 1.807) is 42.5 Å². The fraction of sp³-hybridized carbons (Fsp3) is 0.120. The van der Waals surface area contributed by atoms with Gasteiger partial charge in [0.25, 0.3) is 5.91 Å². The van der Waals surface area contributed by atoms with Gasteiger partial charge < -0.3 is 10.1 Å². The van der Waals surface area contributed by atoms with E-state index >= 15 is 0 Å². The highest BCUT2D eigenvalue weighted by atomic mass is 19.1. The number of halogens is 1. The van der Waals surface area contributed by atoms with Crippen molar-refractivity contribution < 1.29 is 13.9 Å². The van der Waals surface area contributed by atoms with Gasteiger partial charge >= 0.3 is 0 Å². The number of nitrogens with one attached hydrogen (secondary N) is 1. The first-order valence-corrected chi connectivity index (χ1v) is 9.50. The molecular formula is C25H21FN2O2. The average Bonchev–Trinajstić information content (AvgIpc) is 2.78. The fourth-order valence-electron chi connectivity index (χ4n) is 2.85. The van der Waals surface area contributed by atoms with Gasteiger partial charge in [-0.3, -0.25) is 4.79 Å². The van der Waals surface area contributed by atoms with Crippen molar-refractivity contribution >= 4 is 12.0 Å². The second-order valence-corrected chi connectivity index (χ2v) is 6.72. The Morgan fingerprint density at radius 3 is 2.40 bits per heavy atom. The van der Waals surface area contributed by atoms with Crippen LogP contribution in [0.4, 0.5) is 4.39 Å². The van der Waals surface area contributed by atoms with Gasteiger partial charge in [0.05, 0.1) is 6.04 Å². The smallest absolute Gasteiger partial charge is 0.262 e. The molecule has 5 heteroatoms. The molecule has 3 rings (SSSR count). The van der Waals surface area contributed by atoms with E-state index in [2.05, 4.69) is 5.32 Å². The third-order valence-corrected chi connectivity index (χ3v) is 4.56. The molecule has 0 aliphatic heterocycles. The maximum absolute atomic E-state index is 13.7. The molecule has 3 aromatic carbocycles. The summed E-state index contributed by atoms with van der Waals surface area (Å²) in [6.07, 6.45) is 1.52. The molecule has 0 spiro atoms. The van der Waals surface area contributed by atoms with Crippen LogP contribution in [0.15, 0.2) is 84.4 Å². The van der Waals surface area contributed by atoms with Gasteiger partial charge in [0.1, 0.15) is 29.8 Å². The van der Waals surface area contributed by atoms with E-state index in [0.29, 0.717) is 16.9 Å². The van der Waals surface area contributed by atoms with Crippen LogP contribution in [0.5, 0.6) is 5.75 Å². The fourth-order valence-corrected chi connectivity index (χ4v) is 2.85. The molecule has 0 saturated carbocycles. The summed E-state index contributed by atoms with van der Waals surface area (Å²) in [5.41, 5.74) is 2.13. The van der Waals surface area contributed by atoms with Crippen LogP contribution in [-0.2, 0) is 11.4 Å². The van der Waals surface area contributed by atoms with Gasteiger partial charge in [0.2, 0.25) is 0 Å². The third kappa shape index (κ3) is 5.55. The molecule has 0 aromatic heterocycles. The van der Waals surface area contributed by atoms with E-state index in [0.717, 1.165) is 5.56 Å². The van der Waals surface area contributed by atoms with Crippen LogP contribution in [0, 0.1) is 17.1 Å². The monoisotopic (exact) mass is 400 g/mol. The third-order valence-electron chi connectivity index (χ3n) is 4.56. The molecule has 0 bridgehead atoms. The minimum Gasteiger partial charge on any atom is -0.489 e. The summed E-state index contributed by atoms with van der Waals surface area (Å²) in [5, 5.41) is 12.2. The van der Waals surface area contributed by atoms with E-state index < -0.39 is 5.91 Å². The first-order chi connectivity index (χ1) is 14.6. The zero-order chi connectivity index (χ0) is 21.3. The molecule has 150 valence electrons. The summed E-state index contributed by atoms with van der Waals surface area (Å²) in [4.78, 5) is 12.5. The molecule has 0 saturated heterocycles. The lowest BCUT2D eigenvalue weighted by Gasteiger charge is -2.13. The highest BCUT2D eigenvalue weighted by molar-refractivity contribution is 6.01. The lowest BCUT2D eigenvalue weighted by atomic mass is 10.1. The number of carbonyl (C=O) groups is 1. The summed E-state index contributed by atoms with van der Waals surface area (Å²) in [7, 11) is 0. The zero-order valence-corrected chi connectivity index (χ0v) is 16.5. The Labute approximate surface area is 175 Å². The highest BCUT2D eigenvalue weighted by Crippen LogP contribution is 2.18. The summed E-state index contributed by atoms with van der Waals surface area (Å²) < 4.78 is 19.3. The van der Waals surface area contributed by atoms with Gasteiger partial charge in [-0.25, -0.2) is 4.39 Å². The first kappa shape index (κ1) is 20.8. The van der Waals surface area contributed by atoms with Gasteiger partial charge in [-0.2, -0.15) is 5.26 Å². The molecule has 0 aliphatic rings. The molecule has 1 unspecified atom stereocenters. The van der Waals surface area contributed by atoms with Crippen molar-refractivity contribution in [2.24, 2.45) is 0 Å². The van der Waals surface area contributed by atoms with Gasteiger partial charge in [-0.1, -0.05) is 60.7 Å². The van der Waals surface area contributed by atoms with Crippen molar-refractivity contribution in [3.05, 3.63) is 107 Å². The van der Waals surface area contributed by atoms with Crippen LogP contribution in [0.1, 0.15) is 29.7 Å². The first-order valence-electron chi connectivity index (χ1n) is 9.50. The predicted molar refractivity (Wildman–Crippen MR) is 114 cm³/mol. The number of nitriles is 1. The van der Waals surface area contributed by atoms with Crippen LogP contribution in [0.3, 0.4) is 0 Å². The predicted octanol–water partition coefficient (Wildman–Crippen LogP) is 5.19. The molecule has 1 atom stereocenters. The summed E-state index contributed by atoms with van der Waals surface area (Å²) in [6.45, 7) is 1.98. The van der Waals surface area contributed by atoms with Crippen molar-refractivity contribution in [2.45, 2.75) is 19.6 Å². The standard InChI is InChI=1S/C25H21FN2O2/c1-18(20-7-3-2-4-8-20)28-25(29)22(16-27)15-19-11-13-23(14-12-19)30-17-21-9-5-6-10-24(21)26/h2-15,18H,17H2,1H3,(H,28,29)/b22-15-. The Bertz CT molecular complexity index is 1070. The van der Waals surface area contributed by atoms with E-state index in [9.17, 15) is 14.4 Å². The second kappa shape index (κ2) is 10.0. The van der Waals surface area contributed by atoms with Gasteiger partial charge in [0.15, 0.2) is 0 Å². The SMILES string of the molecule is CC(NC(=O)/C(C#N)=C\c1ccc(OCc2ccccc2F)cc1)c1ccccc1. The summed E-state index contributed by atoms with van der Waals surface area (Å²) in [5.74, 6) is -0.184. The Balaban J connectivity index is 1.63. The number of amides is 1. The molecule has 4 nitrogen and oxygen atoms in total. The van der Waals surface area contributed by atoms with Crippen molar-refractivity contribution in [3.8, 4) is 11.8 Å². The molecule has 1 N–H and O–H groups in total. The lowest BCUT2D eigenvalue weighted by molar-refractivity contribution is -0.117. The highest BCUT2D eigenvalue weighted by Gasteiger charge is 2.13.